The van der Waals surface area contributed by atoms with Crippen molar-refractivity contribution in [2.24, 2.45) is 0 Å². The van der Waals surface area contributed by atoms with Crippen LogP contribution in [0.3, 0.4) is 0 Å². The molecular formula is C17H14Cl4N2O3S. The van der Waals surface area contributed by atoms with E-state index < -0.39 is 10.0 Å². The van der Waals surface area contributed by atoms with Gasteiger partial charge in [-0.05, 0) is 30.3 Å². The van der Waals surface area contributed by atoms with Crippen LogP contribution >= 0.6 is 46.4 Å². The number of carbonyl (C=O) groups is 1. The van der Waals surface area contributed by atoms with Gasteiger partial charge in [0.25, 0.3) is 5.91 Å². The van der Waals surface area contributed by atoms with Crippen LogP contribution < -0.4 is 0 Å². The van der Waals surface area contributed by atoms with Crippen LogP contribution in [0, 0.1) is 0 Å². The first-order chi connectivity index (χ1) is 12.7. The zero-order chi connectivity index (χ0) is 19.8. The van der Waals surface area contributed by atoms with Crippen LogP contribution in [0.15, 0.2) is 41.3 Å². The Bertz CT molecular complexity index is 990. The first-order valence-electron chi connectivity index (χ1n) is 7.90. The first-order valence-corrected chi connectivity index (χ1v) is 10.9. The lowest BCUT2D eigenvalue weighted by Crippen LogP contribution is -2.50. The molecule has 1 aliphatic rings. The molecule has 0 bridgehead atoms. The van der Waals surface area contributed by atoms with E-state index in [1.165, 1.54) is 28.6 Å². The largest absolute Gasteiger partial charge is 0.336 e. The van der Waals surface area contributed by atoms with E-state index >= 15 is 0 Å². The summed E-state index contributed by atoms with van der Waals surface area (Å²) in [6.07, 6.45) is 0. The van der Waals surface area contributed by atoms with Crippen molar-refractivity contribution in [3.05, 3.63) is 62.1 Å². The molecule has 0 radical (unpaired) electrons. The highest BCUT2D eigenvalue weighted by Crippen LogP contribution is 2.31. The number of hydrogen-bond donors (Lipinski definition) is 0. The predicted octanol–water partition coefficient (Wildman–Crippen LogP) is 4.45. The van der Waals surface area contributed by atoms with Crippen LogP contribution in [0.1, 0.15) is 10.4 Å². The zero-order valence-electron chi connectivity index (χ0n) is 13.8. The molecular weight excluding hydrogens is 454 g/mol. The Kier molecular flexibility index (Phi) is 6.25. The second-order valence-corrected chi connectivity index (χ2v) is 9.41. The summed E-state index contributed by atoms with van der Waals surface area (Å²) in [7, 11) is -3.81. The Morgan fingerprint density at radius 1 is 0.889 bits per heavy atom. The maximum Gasteiger partial charge on any atom is 0.255 e. The van der Waals surface area contributed by atoms with Crippen LogP contribution in [0.2, 0.25) is 20.1 Å². The Balaban J connectivity index is 1.75. The highest BCUT2D eigenvalue weighted by Gasteiger charge is 2.32. The van der Waals surface area contributed by atoms with E-state index in [1.807, 2.05) is 0 Å². The molecule has 10 heteroatoms. The normalized spacial score (nSPS) is 15.8. The molecule has 1 heterocycles. The lowest BCUT2D eigenvalue weighted by atomic mass is 10.2. The summed E-state index contributed by atoms with van der Waals surface area (Å²) in [6, 6.07) is 9.11. The molecule has 1 aliphatic heterocycles. The fourth-order valence-corrected chi connectivity index (χ4v) is 5.43. The van der Waals surface area contributed by atoms with Gasteiger partial charge >= 0.3 is 0 Å². The first kappa shape index (κ1) is 20.7. The lowest BCUT2D eigenvalue weighted by molar-refractivity contribution is 0.0698. The molecule has 0 aromatic heterocycles. The number of carbonyl (C=O) groups excluding carboxylic acids is 1. The second-order valence-electron chi connectivity index (χ2n) is 5.87. The minimum Gasteiger partial charge on any atom is -0.336 e. The molecule has 27 heavy (non-hydrogen) atoms. The van der Waals surface area contributed by atoms with Crippen LogP contribution in [-0.4, -0.2) is 49.7 Å². The third-order valence-electron chi connectivity index (χ3n) is 4.22. The van der Waals surface area contributed by atoms with Gasteiger partial charge in [0.05, 0.1) is 20.6 Å². The summed E-state index contributed by atoms with van der Waals surface area (Å²) in [5, 5.41) is 0.855. The molecule has 0 atom stereocenters. The van der Waals surface area contributed by atoms with Gasteiger partial charge in [0.2, 0.25) is 10.0 Å². The molecule has 144 valence electrons. The molecule has 0 unspecified atom stereocenters. The van der Waals surface area contributed by atoms with E-state index in [2.05, 4.69) is 0 Å². The molecule has 1 saturated heterocycles. The molecule has 3 rings (SSSR count). The molecule has 1 amide bonds. The van der Waals surface area contributed by atoms with Gasteiger partial charge in [0, 0.05) is 31.2 Å². The Morgan fingerprint density at radius 2 is 1.56 bits per heavy atom. The van der Waals surface area contributed by atoms with Crippen molar-refractivity contribution >= 4 is 62.3 Å². The smallest absolute Gasteiger partial charge is 0.255 e. The number of nitrogens with zero attached hydrogens (tertiary/aromatic N) is 2. The van der Waals surface area contributed by atoms with E-state index in [9.17, 15) is 13.2 Å². The van der Waals surface area contributed by atoms with Gasteiger partial charge in [-0.3, -0.25) is 4.79 Å². The molecule has 5 nitrogen and oxygen atoms in total. The Hall–Kier alpha value is -1.02. The number of hydrogen-bond acceptors (Lipinski definition) is 3. The van der Waals surface area contributed by atoms with Gasteiger partial charge in [-0.2, -0.15) is 4.31 Å². The summed E-state index contributed by atoms with van der Waals surface area (Å²) in [6.45, 7) is 0.745. The maximum absolute atomic E-state index is 12.8. The maximum atomic E-state index is 12.8. The summed E-state index contributed by atoms with van der Waals surface area (Å²) >= 11 is 23.9. The highest BCUT2D eigenvalue weighted by atomic mass is 35.5. The molecule has 2 aromatic carbocycles. The summed E-state index contributed by atoms with van der Waals surface area (Å²) in [5.74, 6) is -0.269. The third kappa shape index (κ3) is 4.21. The van der Waals surface area contributed by atoms with Crippen LogP contribution in [-0.2, 0) is 10.0 Å². The average Bonchev–Trinajstić information content (AvgIpc) is 2.63. The lowest BCUT2D eigenvalue weighted by Gasteiger charge is -2.34. The number of rotatable bonds is 3. The molecule has 1 fully saturated rings. The SMILES string of the molecule is O=C(c1ccc(Cl)cc1Cl)N1CCN(S(=O)(=O)c2cccc(Cl)c2Cl)CC1. The molecule has 0 aliphatic carbocycles. The van der Waals surface area contributed by atoms with Crippen molar-refractivity contribution in [2.45, 2.75) is 4.90 Å². The van der Waals surface area contributed by atoms with Gasteiger partial charge in [-0.25, -0.2) is 8.42 Å². The van der Waals surface area contributed by atoms with Gasteiger partial charge in [-0.1, -0.05) is 52.5 Å². The van der Waals surface area contributed by atoms with Crippen LogP contribution in [0.5, 0.6) is 0 Å². The van der Waals surface area contributed by atoms with E-state index in [1.54, 1.807) is 17.0 Å². The molecule has 2 aromatic rings. The van der Waals surface area contributed by atoms with E-state index in [0.29, 0.717) is 10.6 Å². The number of sulfonamides is 1. The summed E-state index contributed by atoms with van der Waals surface area (Å²) < 4.78 is 27.0. The standard InChI is InChI=1S/C17H14Cl4N2O3S/c18-11-4-5-12(14(20)10-11)17(24)22-6-8-23(9-7-22)27(25,26)15-3-1-2-13(19)16(15)21/h1-5,10H,6-9H2. The minimum atomic E-state index is -3.81. The van der Waals surface area contributed by atoms with Crippen LogP contribution in [0.25, 0.3) is 0 Å². The fourth-order valence-electron chi connectivity index (χ4n) is 2.79. The van der Waals surface area contributed by atoms with Crippen molar-refractivity contribution in [1.82, 2.24) is 9.21 Å². The van der Waals surface area contributed by atoms with Crippen molar-refractivity contribution < 1.29 is 13.2 Å². The molecule has 0 spiro atoms. The highest BCUT2D eigenvalue weighted by molar-refractivity contribution is 7.89. The number of benzene rings is 2. The van der Waals surface area contributed by atoms with Crippen molar-refractivity contribution in [3.63, 3.8) is 0 Å². The van der Waals surface area contributed by atoms with E-state index in [-0.39, 0.29) is 52.0 Å². The molecule has 0 N–H and O–H groups in total. The van der Waals surface area contributed by atoms with E-state index in [0.717, 1.165) is 0 Å². The monoisotopic (exact) mass is 466 g/mol. The quantitative estimate of drug-likeness (QED) is 0.670. The second kappa shape index (κ2) is 8.15. The van der Waals surface area contributed by atoms with Gasteiger partial charge < -0.3 is 4.90 Å². The summed E-state index contributed by atoms with van der Waals surface area (Å²) in [4.78, 5) is 14.2. The van der Waals surface area contributed by atoms with E-state index in [4.69, 9.17) is 46.4 Å². The van der Waals surface area contributed by atoms with Crippen LogP contribution in [0.4, 0.5) is 0 Å². The third-order valence-corrected chi connectivity index (χ3v) is 7.64. The Labute approximate surface area is 177 Å². The number of halogens is 4. The minimum absolute atomic E-state index is 0.00869. The predicted molar refractivity (Wildman–Crippen MR) is 108 cm³/mol. The fraction of sp³-hybridized carbons (Fsp3) is 0.235. The van der Waals surface area contributed by atoms with Gasteiger partial charge in [0.15, 0.2) is 0 Å². The average molecular weight is 468 g/mol. The molecule has 0 saturated carbocycles. The Morgan fingerprint density at radius 3 is 2.19 bits per heavy atom. The van der Waals surface area contributed by atoms with Gasteiger partial charge in [-0.15, -0.1) is 0 Å². The summed E-state index contributed by atoms with van der Waals surface area (Å²) in [5.41, 5.74) is 0.329. The zero-order valence-corrected chi connectivity index (χ0v) is 17.7. The van der Waals surface area contributed by atoms with Crippen molar-refractivity contribution in [1.29, 1.82) is 0 Å². The number of amides is 1. The van der Waals surface area contributed by atoms with Crippen molar-refractivity contribution in [2.75, 3.05) is 26.2 Å². The number of piperazine rings is 1. The topological polar surface area (TPSA) is 57.7 Å². The van der Waals surface area contributed by atoms with Gasteiger partial charge in [0.1, 0.15) is 4.90 Å². The van der Waals surface area contributed by atoms with Crippen molar-refractivity contribution in [3.8, 4) is 0 Å².